The van der Waals surface area contributed by atoms with Crippen LogP contribution >= 0.6 is 0 Å². The van der Waals surface area contributed by atoms with Crippen molar-refractivity contribution in [2.24, 2.45) is 5.92 Å². The van der Waals surface area contributed by atoms with Gasteiger partial charge in [0.25, 0.3) is 0 Å². The lowest BCUT2D eigenvalue weighted by molar-refractivity contribution is -0.0356. The van der Waals surface area contributed by atoms with Gasteiger partial charge in [-0.05, 0) is 25.2 Å². The van der Waals surface area contributed by atoms with Crippen LogP contribution in [0.2, 0.25) is 0 Å². The molecule has 2 fully saturated rings. The Hall–Kier alpha value is -0.120. The van der Waals surface area contributed by atoms with Crippen LogP contribution in [0.5, 0.6) is 0 Å². The van der Waals surface area contributed by atoms with Crippen molar-refractivity contribution in [2.45, 2.75) is 45.3 Å². The second kappa shape index (κ2) is 4.81. The average molecular weight is 212 g/mol. The topological polar surface area (TPSA) is 15.7 Å². The zero-order valence-corrected chi connectivity index (χ0v) is 10.3. The third-order valence-electron chi connectivity index (χ3n) is 3.68. The summed E-state index contributed by atoms with van der Waals surface area (Å²) in [5.74, 6) is 0.673. The van der Waals surface area contributed by atoms with Crippen molar-refractivity contribution in [2.75, 3.05) is 26.7 Å². The van der Waals surface area contributed by atoms with Crippen LogP contribution in [-0.4, -0.2) is 48.9 Å². The van der Waals surface area contributed by atoms with E-state index in [0.717, 1.165) is 6.54 Å². The van der Waals surface area contributed by atoms with Crippen LogP contribution in [-0.2, 0) is 4.74 Å². The van der Waals surface area contributed by atoms with E-state index in [1.807, 2.05) is 0 Å². The number of hydrazine groups is 1. The molecule has 0 spiro atoms. The molecule has 0 aromatic heterocycles. The first-order valence-electron chi connectivity index (χ1n) is 6.28. The Bertz CT molecular complexity index is 208. The lowest BCUT2D eigenvalue weighted by Crippen LogP contribution is -2.39. The molecule has 15 heavy (non-hydrogen) atoms. The van der Waals surface area contributed by atoms with E-state index in [4.69, 9.17) is 4.74 Å². The summed E-state index contributed by atoms with van der Waals surface area (Å²) < 4.78 is 6.06. The molecule has 2 aliphatic heterocycles. The molecule has 2 saturated heterocycles. The van der Waals surface area contributed by atoms with Gasteiger partial charge in [0.15, 0.2) is 0 Å². The van der Waals surface area contributed by atoms with Crippen molar-refractivity contribution in [3.05, 3.63) is 0 Å². The van der Waals surface area contributed by atoms with Crippen molar-refractivity contribution < 1.29 is 4.74 Å². The standard InChI is InChI=1S/C12H24N2O/c1-10(2)12-6-5-11(15-12)9-14-8-4-7-13(14)3/h10-12H,4-9H2,1-3H3. The maximum absolute atomic E-state index is 6.06. The summed E-state index contributed by atoms with van der Waals surface area (Å²) in [5.41, 5.74) is 0. The van der Waals surface area contributed by atoms with Crippen molar-refractivity contribution in [3.63, 3.8) is 0 Å². The predicted molar refractivity (Wildman–Crippen MR) is 61.6 cm³/mol. The Morgan fingerprint density at radius 3 is 2.60 bits per heavy atom. The van der Waals surface area contributed by atoms with Gasteiger partial charge in [0.1, 0.15) is 0 Å². The first-order valence-corrected chi connectivity index (χ1v) is 6.28. The normalized spacial score (nSPS) is 34.4. The molecule has 0 bridgehead atoms. The fourth-order valence-corrected chi connectivity index (χ4v) is 2.62. The van der Waals surface area contributed by atoms with E-state index in [1.165, 1.54) is 32.4 Å². The molecule has 0 amide bonds. The van der Waals surface area contributed by atoms with Crippen molar-refractivity contribution in [1.82, 2.24) is 10.0 Å². The highest BCUT2D eigenvalue weighted by molar-refractivity contribution is 4.79. The van der Waals surface area contributed by atoms with Gasteiger partial charge in [-0.3, -0.25) is 0 Å². The van der Waals surface area contributed by atoms with E-state index in [2.05, 4.69) is 30.9 Å². The second-order valence-corrected chi connectivity index (χ2v) is 5.27. The molecule has 2 rings (SSSR count). The summed E-state index contributed by atoms with van der Waals surface area (Å²) in [4.78, 5) is 0. The highest BCUT2D eigenvalue weighted by Gasteiger charge is 2.30. The minimum absolute atomic E-state index is 0.470. The Labute approximate surface area is 93.3 Å². The van der Waals surface area contributed by atoms with Gasteiger partial charge < -0.3 is 4.74 Å². The molecule has 0 radical (unpaired) electrons. The van der Waals surface area contributed by atoms with Crippen molar-refractivity contribution in [3.8, 4) is 0 Å². The molecule has 2 atom stereocenters. The summed E-state index contributed by atoms with van der Waals surface area (Å²) in [7, 11) is 2.18. The van der Waals surface area contributed by atoms with E-state index in [1.54, 1.807) is 0 Å². The number of rotatable bonds is 3. The molecular weight excluding hydrogens is 188 g/mol. The molecule has 3 nitrogen and oxygen atoms in total. The molecule has 0 aromatic carbocycles. The summed E-state index contributed by atoms with van der Waals surface area (Å²) in [6.07, 6.45) is 4.77. The summed E-state index contributed by atoms with van der Waals surface area (Å²) in [5, 5.41) is 4.78. The molecule has 2 aliphatic rings. The third-order valence-corrected chi connectivity index (χ3v) is 3.68. The smallest absolute Gasteiger partial charge is 0.0721 e. The fourth-order valence-electron chi connectivity index (χ4n) is 2.62. The van der Waals surface area contributed by atoms with E-state index >= 15 is 0 Å². The molecule has 0 saturated carbocycles. The van der Waals surface area contributed by atoms with Crippen LogP contribution in [0.25, 0.3) is 0 Å². The number of hydrogen-bond donors (Lipinski definition) is 0. The van der Waals surface area contributed by atoms with E-state index < -0.39 is 0 Å². The Kier molecular flexibility index (Phi) is 3.65. The van der Waals surface area contributed by atoms with Gasteiger partial charge in [-0.1, -0.05) is 13.8 Å². The summed E-state index contributed by atoms with van der Waals surface area (Å²) in [6, 6.07) is 0. The van der Waals surface area contributed by atoms with Crippen LogP contribution in [0.1, 0.15) is 33.1 Å². The van der Waals surface area contributed by atoms with E-state index in [9.17, 15) is 0 Å². The third kappa shape index (κ3) is 2.71. The lowest BCUT2D eigenvalue weighted by atomic mass is 10.0. The summed E-state index contributed by atoms with van der Waals surface area (Å²) >= 11 is 0. The monoisotopic (exact) mass is 212 g/mol. The minimum Gasteiger partial charge on any atom is -0.373 e. The van der Waals surface area contributed by atoms with Crippen LogP contribution in [0.15, 0.2) is 0 Å². The van der Waals surface area contributed by atoms with Crippen LogP contribution in [0.3, 0.4) is 0 Å². The molecule has 0 aliphatic carbocycles. The SMILES string of the molecule is CC(C)C1CCC(CN2CCCN2C)O1. The zero-order chi connectivity index (χ0) is 10.8. The predicted octanol–water partition coefficient (Wildman–Crippen LogP) is 1.74. The first kappa shape index (κ1) is 11.4. The maximum Gasteiger partial charge on any atom is 0.0721 e. The van der Waals surface area contributed by atoms with Gasteiger partial charge in [0.2, 0.25) is 0 Å². The summed E-state index contributed by atoms with van der Waals surface area (Å²) in [6.45, 7) is 8.03. The van der Waals surface area contributed by atoms with Gasteiger partial charge in [0.05, 0.1) is 12.2 Å². The number of hydrogen-bond acceptors (Lipinski definition) is 3. The molecule has 88 valence electrons. The fraction of sp³-hybridized carbons (Fsp3) is 1.00. The molecule has 2 heterocycles. The van der Waals surface area contributed by atoms with Crippen LogP contribution < -0.4 is 0 Å². The first-order chi connectivity index (χ1) is 7.16. The number of nitrogens with zero attached hydrogens (tertiary/aromatic N) is 2. The van der Waals surface area contributed by atoms with Gasteiger partial charge in [-0.15, -0.1) is 0 Å². The largest absolute Gasteiger partial charge is 0.373 e. The molecule has 0 aromatic rings. The molecular formula is C12H24N2O. The molecule has 0 N–H and O–H groups in total. The zero-order valence-electron chi connectivity index (χ0n) is 10.3. The second-order valence-electron chi connectivity index (χ2n) is 5.27. The molecule has 3 heteroatoms. The Balaban J connectivity index is 1.77. The average Bonchev–Trinajstić information content (AvgIpc) is 2.77. The van der Waals surface area contributed by atoms with Gasteiger partial charge in [-0.2, -0.15) is 0 Å². The van der Waals surface area contributed by atoms with Gasteiger partial charge in [0, 0.05) is 26.7 Å². The highest BCUT2D eigenvalue weighted by atomic mass is 16.5. The van der Waals surface area contributed by atoms with E-state index in [-0.39, 0.29) is 0 Å². The highest BCUT2D eigenvalue weighted by Crippen LogP contribution is 2.26. The Morgan fingerprint density at radius 1 is 1.27 bits per heavy atom. The van der Waals surface area contributed by atoms with Crippen LogP contribution in [0.4, 0.5) is 0 Å². The maximum atomic E-state index is 6.06. The molecule has 2 unspecified atom stereocenters. The lowest BCUT2D eigenvalue weighted by Gasteiger charge is -2.27. The quantitative estimate of drug-likeness (QED) is 0.709. The Morgan fingerprint density at radius 2 is 2.07 bits per heavy atom. The van der Waals surface area contributed by atoms with Gasteiger partial charge >= 0.3 is 0 Å². The number of ether oxygens (including phenoxy) is 1. The van der Waals surface area contributed by atoms with E-state index in [0.29, 0.717) is 18.1 Å². The van der Waals surface area contributed by atoms with Gasteiger partial charge in [-0.25, -0.2) is 10.0 Å². The van der Waals surface area contributed by atoms with Crippen molar-refractivity contribution >= 4 is 0 Å². The minimum atomic E-state index is 0.470. The van der Waals surface area contributed by atoms with Crippen molar-refractivity contribution in [1.29, 1.82) is 0 Å². The van der Waals surface area contributed by atoms with Crippen LogP contribution in [0, 0.1) is 5.92 Å².